The van der Waals surface area contributed by atoms with Crippen molar-refractivity contribution in [1.82, 2.24) is 0 Å². The lowest BCUT2D eigenvalue weighted by Gasteiger charge is -2.31. The van der Waals surface area contributed by atoms with Gasteiger partial charge in [-0.1, -0.05) is 55.0 Å². The van der Waals surface area contributed by atoms with E-state index in [2.05, 4.69) is 17.1 Å². The Bertz CT molecular complexity index is 735. The van der Waals surface area contributed by atoms with Crippen LogP contribution >= 0.6 is 0 Å². The fourth-order valence-corrected chi connectivity index (χ4v) is 3.34. The minimum Gasteiger partial charge on any atom is -0.475 e. The van der Waals surface area contributed by atoms with Crippen LogP contribution in [-0.4, -0.2) is 11.2 Å². The third-order valence-electron chi connectivity index (χ3n) is 4.54. The highest BCUT2D eigenvalue weighted by Gasteiger charge is 2.32. The summed E-state index contributed by atoms with van der Waals surface area (Å²) in [5, 5.41) is 19.7. The van der Waals surface area contributed by atoms with Crippen molar-refractivity contribution in [2.45, 2.75) is 37.7 Å². The quantitative estimate of drug-likeness (QED) is 0.600. The van der Waals surface area contributed by atoms with Gasteiger partial charge < -0.3 is 9.84 Å². The van der Waals surface area contributed by atoms with Crippen molar-refractivity contribution in [3.63, 3.8) is 0 Å². The molecule has 0 saturated heterocycles. The van der Waals surface area contributed by atoms with E-state index in [0.29, 0.717) is 5.56 Å². The van der Waals surface area contributed by atoms with Crippen LogP contribution in [0.1, 0.15) is 42.7 Å². The number of hydrogen-bond acceptors (Lipinski definition) is 3. The van der Waals surface area contributed by atoms with Crippen LogP contribution in [-0.2, 0) is 4.74 Å². The van der Waals surface area contributed by atoms with Crippen molar-refractivity contribution in [1.29, 1.82) is 5.39 Å². The smallest absolute Gasteiger partial charge is 0.471 e. The molecule has 0 heterocycles. The zero-order valence-electron chi connectivity index (χ0n) is 13.5. The molecule has 4 nitrogen and oxygen atoms in total. The highest BCUT2D eigenvalue weighted by atomic mass is 16.6. The van der Waals surface area contributed by atoms with Crippen molar-refractivity contribution < 1.29 is 9.84 Å². The van der Waals surface area contributed by atoms with Crippen LogP contribution in [0, 0.1) is 5.39 Å². The van der Waals surface area contributed by atoms with E-state index in [1.807, 2.05) is 36.4 Å². The van der Waals surface area contributed by atoms with Crippen LogP contribution < -0.4 is 0 Å². The van der Waals surface area contributed by atoms with Gasteiger partial charge in [-0.3, -0.25) is 0 Å². The molecule has 0 spiro atoms. The molecule has 2 atom stereocenters. The minimum atomic E-state index is -0.323. The van der Waals surface area contributed by atoms with Gasteiger partial charge in [-0.25, -0.2) is 0 Å². The normalized spacial score (nSPS) is 21.5. The Morgan fingerprint density at radius 2 is 1.58 bits per heavy atom. The van der Waals surface area contributed by atoms with E-state index in [9.17, 15) is 10.5 Å². The lowest BCUT2D eigenvalue weighted by molar-refractivity contribution is 0.00201. The molecular weight excluding hydrogens is 300 g/mol. The van der Waals surface area contributed by atoms with E-state index >= 15 is 0 Å². The van der Waals surface area contributed by atoms with E-state index in [0.717, 1.165) is 25.7 Å². The van der Waals surface area contributed by atoms with Crippen LogP contribution in [0.5, 0.6) is 0 Å². The number of rotatable bonds is 4. The van der Waals surface area contributed by atoms with Crippen molar-refractivity contribution in [2.75, 3.05) is 0 Å². The maximum atomic E-state index is 10.4. The standard InChI is InChI=1S/C20H20N2O2/c21-22-19(16-11-5-2-6-12-16)20(23)24-18-14-8-7-13-17(18)15-9-3-1-4-10-15/h1-6,9-12,17-18H,7-8,13-14H2/p+1/b20-19+/t17-,18+/m1/s1. The molecule has 1 N–H and O–H groups in total. The Balaban J connectivity index is 1.84. The molecule has 0 aromatic heterocycles. The van der Waals surface area contributed by atoms with Gasteiger partial charge in [0.25, 0.3) is 0 Å². The molecule has 0 radical (unpaired) electrons. The van der Waals surface area contributed by atoms with Gasteiger partial charge in [-0.2, -0.15) is 0 Å². The lowest BCUT2D eigenvalue weighted by atomic mass is 9.81. The molecule has 1 fully saturated rings. The summed E-state index contributed by atoms with van der Waals surface area (Å²) in [4.78, 5) is 3.23. The Hall–Kier alpha value is -2.80. The second-order valence-electron chi connectivity index (χ2n) is 6.08. The zero-order chi connectivity index (χ0) is 16.8. The SMILES string of the molecule is N#[N+]/C(=C(\O)O[C@H]1CCCC[C@@H]1c1ccccc1)c1ccccc1. The summed E-state index contributed by atoms with van der Waals surface area (Å²) in [5.41, 5.74) is 1.90. The molecule has 0 aliphatic heterocycles. The monoisotopic (exact) mass is 321 g/mol. The number of hydrogen-bond donors (Lipinski definition) is 1. The van der Waals surface area contributed by atoms with E-state index in [1.165, 1.54) is 5.56 Å². The first kappa shape index (κ1) is 16.1. The molecule has 3 rings (SSSR count). The molecule has 0 unspecified atom stereocenters. The Morgan fingerprint density at radius 3 is 2.25 bits per heavy atom. The Morgan fingerprint density at radius 1 is 0.958 bits per heavy atom. The zero-order valence-corrected chi connectivity index (χ0v) is 13.5. The average Bonchev–Trinajstić information content (AvgIpc) is 2.64. The Labute approximate surface area is 142 Å². The van der Waals surface area contributed by atoms with Crippen LogP contribution in [0.25, 0.3) is 10.7 Å². The molecule has 2 aromatic rings. The van der Waals surface area contributed by atoms with Crippen LogP contribution in [0.15, 0.2) is 66.6 Å². The van der Waals surface area contributed by atoms with Gasteiger partial charge in [0, 0.05) is 5.92 Å². The van der Waals surface area contributed by atoms with Crippen molar-refractivity contribution >= 4 is 5.70 Å². The van der Waals surface area contributed by atoms with Gasteiger partial charge in [-0.05, 0) is 37.0 Å². The predicted molar refractivity (Wildman–Crippen MR) is 93.6 cm³/mol. The molecule has 0 amide bonds. The van der Waals surface area contributed by atoms with E-state index < -0.39 is 0 Å². The summed E-state index contributed by atoms with van der Waals surface area (Å²) in [6, 6.07) is 19.3. The summed E-state index contributed by atoms with van der Waals surface area (Å²) in [7, 11) is 0. The number of aliphatic hydroxyl groups excluding tert-OH is 1. The van der Waals surface area contributed by atoms with E-state index in [4.69, 9.17) is 4.74 Å². The van der Waals surface area contributed by atoms with Crippen molar-refractivity contribution in [3.05, 3.63) is 82.7 Å². The molecule has 122 valence electrons. The lowest BCUT2D eigenvalue weighted by Crippen LogP contribution is -2.26. The van der Waals surface area contributed by atoms with Crippen molar-refractivity contribution in [2.24, 2.45) is 0 Å². The number of aliphatic hydroxyl groups is 1. The molecule has 0 bridgehead atoms. The number of nitrogens with zero attached hydrogens (tertiary/aromatic N) is 2. The second-order valence-corrected chi connectivity index (χ2v) is 6.08. The highest BCUT2D eigenvalue weighted by Crippen LogP contribution is 2.36. The van der Waals surface area contributed by atoms with Gasteiger partial charge >= 0.3 is 11.6 Å². The first-order valence-corrected chi connectivity index (χ1v) is 8.35. The number of benzene rings is 2. The molecule has 1 aliphatic rings. The highest BCUT2D eigenvalue weighted by molar-refractivity contribution is 5.70. The summed E-state index contributed by atoms with van der Waals surface area (Å²) < 4.78 is 5.85. The van der Waals surface area contributed by atoms with Gasteiger partial charge in [0.15, 0.2) is 4.98 Å². The summed E-state index contributed by atoms with van der Waals surface area (Å²) in [6.45, 7) is 0. The topological polar surface area (TPSA) is 57.6 Å². The van der Waals surface area contributed by atoms with Gasteiger partial charge in [0.05, 0.1) is 5.56 Å². The third kappa shape index (κ3) is 3.57. The van der Waals surface area contributed by atoms with E-state index in [-0.39, 0.29) is 23.7 Å². The number of ether oxygens (including phenoxy) is 1. The molecule has 2 aromatic carbocycles. The fourth-order valence-electron chi connectivity index (χ4n) is 3.34. The minimum absolute atomic E-state index is 0.0629. The summed E-state index contributed by atoms with van der Waals surface area (Å²) >= 11 is 0. The second kappa shape index (κ2) is 7.65. The van der Waals surface area contributed by atoms with Crippen LogP contribution in [0.3, 0.4) is 0 Å². The third-order valence-corrected chi connectivity index (χ3v) is 4.54. The maximum Gasteiger partial charge on any atom is 0.471 e. The van der Waals surface area contributed by atoms with Gasteiger partial charge in [-0.15, -0.1) is 0 Å². The maximum absolute atomic E-state index is 10.4. The van der Waals surface area contributed by atoms with Crippen LogP contribution in [0.4, 0.5) is 0 Å². The molecule has 4 heteroatoms. The number of diazo groups is 1. The molecular formula is C20H21N2O2+. The Kier molecular flexibility index (Phi) is 5.12. The van der Waals surface area contributed by atoms with Gasteiger partial charge in [0.2, 0.25) is 5.39 Å². The van der Waals surface area contributed by atoms with Gasteiger partial charge in [0.1, 0.15) is 6.10 Å². The molecule has 1 saturated carbocycles. The predicted octanol–water partition coefficient (Wildman–Crippen LogP) is 5.47. The average molecular weight is 321 g/mol. The first-order chi connectivity index (χ1) is 11.8. The molecule has 24 heavy (non-hydrogen) atoms. The van der Waals surface area contributed by atoms with Crippen LogP contribution in [0.2, 0.25) is 0 Å². The molecule has 1 aliphatic carbocycles. The first-order valence-electron chi connectivity index (χ1n) is 8.35. The van der Waals surface area contributed by atoms with E-state index in [1.54, 1.807) is 12.1 Å². The largest absolute Gasteiger partial charge is 0.475 e. The fraction of sp³-hybridized carbons (Fsp3) is 0.300. The summed E-state index contributed by atoms with van der Waals surface area (Å²) in [6.07, 6.45) is 4.00. The summed E-state index contributed by atoms with van der Waals surface area (Å²) in [5.74, 6) is -0.0886. The van der Waals surface area contributed by atoms with Crippen molar-refractivity contribution in [3.8, 4) is 0 Å².